The standard InChI is InChI=1S/C10H16N4O3S/c1-6-9(18(11,16)17)8(14-13-6)10(15)12-7-4-2-3-5-7/h7H,2-5H2,1H3,(H,12,15)(H,13,14)(H2,11,16,17). The SMILES string of the molecule is Cc1[nH]nc(C(=O)NC2CCCC2)c1S(N)(=O)=O. The van der Waals surface area contributed by atoms with E-state index in [0.29, 0.717) is 0 Å². The molecule has 1 fully saturated rings. The second-order valence-corrected chi connectivity index (χ2v) is 6.02. The van der Waals surface area contributed by atoms with Crippen molar-refractivity contribution in [1.82, 2.24) is 15.5 Å². The van der Waals surface area contributed by atoms with E-state index in [0.717, 1.165) is 25.7 Å². The van der Waals surface area contributed by atoms with E-state index < -0.39 is 15.9 Å². The smallest absolute Gasteiger partial charge is 0.273 e. The Morgan fingerprint density at radius 1 is 1.44 bits per heavy atom. The second-order valence-electron chi connectivity index (χ2n) is 4.53. The predicted molar refractivity (Wildman–Crippen MR) is 64.4 cm³/mol. The van der Waals surface area contributed by atoms with Crippen LogP contribution in [0, 0.1) is 6.92 Å². The van der Waals surface area contributed by atoms with Crippen LogP contribution in [0.5, 0.6) is 0 Å². The molecule has 1 aliphatic rings. The molecule has 1 saturated carbocycles. The minimum Gasteiger partial charge on any atom is -0.348 e. The van der Waals surface area contributed by atoms with Gasteiger partial charge >= 0.3 is 0 Å². The highest BCUT2D eigenvalue weighted by molar-refractivity contribution is 7.89. The Balaban J connectivity index is 2.25. The van der Waals surface area contributed by atoms with Gasteiger partial charge in [-0.25, -0.2) is 13.6 Å². The fraction of sp³-hybridized carbons (Fsp3) is 0.600. The third-order valence-electron chi connectivity index (χ3n) is 3.08. The number of sulfonamides is 1. The highest BCUT2D eigenvalue weighted by Crippen LogP contribution is 2.20. The Kier molecular flexibility index (Phi) is 3.40. The first-order chi connectivity index (χ1) is 8.39. The maximum Gasteiger partial charge on any atom is 0.273 e. The number of primary sulfonamides is 1. The number of nitrogens with one attached hydrogen (secondary N) is 2. The molecule has 0 unspecified atom stereocenters. The molecule has 0 aromatic carbocycles. The van der Waals surface area contributed by atoms with Gasteiger partial charge < -0.3 is 5.32 Å². The van der Waals surface area contributed by atoms with Crippen LogP contribution in [0.4, 0.5) is 0 Å². The van der Waals surface area contributed by atoms with Gasteiger partial charge in [-0.15, -0.1) is 0 Å². The number of carbonyl (C=O) groups excluding carboxylic acids is 1. The van der Waals surface area contributed by atoms with Crippen LogP contribution in [0.15, 0.2) is 4.90 Å². The summed E-state index contributed by atoms with van der Waals surface area (Å²) in [5, 5.41) is 14.1. The summed E-state index contributed by atoms with van der Waals surface area (Å²) in [6, 6.07) is 0.0998. The molecule has 100 valence electrons. The first-order valence-corrected chi connectivity index (χ1v) is 7.33. The molecule has 8 heteroatoms. The first kappa shape index (κ1) is 13.0. The summed E-state index contributed by atoms with van der Waals surface area (Å²) in [6.07, 6.45) is 3.98. The largest absolute Gasteiger partial charge is 0.348 e. The molecule has 0 atom stereocenters. The highest BCUT2D eigenvalue weighted by Gasteiger charge is 2.27. The second kappa shape index (κ2) is 4.69. The lowest BCUT2D eigenvalue weighted by atomic mass is 10.2. The Bertz CT molecular complexity index is 558. The van der Waals surface area contributed by atoms with Crippen molar-refractivity contribution in [2.24, 2.45) is 5.14 Å². The van der Waals surface area contributed by atoms with Crippen LogP contribution in [-0.4, -0.2) is 30.6 Å². The number of hydrogen-bond donors (Lipinski definition) is 3. The molecule has 0 aliphatic heterocycles. The van der Waals surface area contributed by atoms with E-state index in [-0.39, 0.29) is 22.3 Å². The van der Waals surface area contributed by atoms with Gasteiger partial charge in [0, 0.05) is 6.04 Å². The number of carbonyl (C=O) groups is 1. The van der Waals surface area contributed by atoms with E-state index in [4.69, 9.17) is 5.14 Å². The molecule has 1 aliphatic carbocycles. The summed E-state index contributed by atoms with van der Waals surface area (Å²) in [5.74, 6) is -0.490. The van der Waals surface area contributed by atoms with E-state index in [1.807, 2.05) is 0 Å². The minimum atomic E-state index is -3.95. The van der Waals surface area contributed by atoms with Crippen LogP contribution in [0.1, 0.15) is 41.9 Å². The summed E-state index contributed by atoms with van der Waals surface area (Å²) in [5.41, 5.74) is 0.121. The van der Waals surface area contributed by atoms with Crippen LogP contribution >= 0.6 is 0 Å². The van der Waals surface area contributed by atoms with E-state index in [1.54, 1.807) is 0 Å². The van der Waals surface area contributed by atoms with E-state index in [2.05, 4.69) is 15.5 Å². The molecular weight excluding hydrogens is 256 g/mol. The Morgan fingerprint density at radius 3 is 2.61 bits per heavy atom. The van der Waals surface area contributed by atoms with Crippen LogP contribution in [-0.2, 0) is 10.0 Å². The van der Waals surface area contributed by atoms with E-state index in [9.17, 15) is 13.2 Å². The lowest BCUT2D eigenvalue weighted by Crippen LogP contribution is -2.34. The topological polar surface area (TPSA) is 118 Å². The minimum absolute atomic E-state index is 0.0998. The van der Waals surface area contributed by atoms with Gasteiger partial charge in [0.1, 0.15) is 4.90 Å². The third kappa shape index (κ3) is 2.54. The number of nitrogens with two attached hydrogens (primary N) is 1. The van der Waals surface area contributed by atoms with Crippen molar-refractivity contribution in [3.63, 3.8) is 0 Å². The maximum absolute atomic E-state index is 12.0. The van der Waals surface area contributed by atoms with Crippen molar-refractivity contribution >= 4 is 15.9 Å². The molecule has 1 amide bonds. The lowest BCUT2D eigenvalue weighted by molar-refractivity contribution is 0.0929. The summed E-state index contributed by atoms with van der Waals surface area (Å²) in [4.78, 5) is 11.7. The lowest BCUT2D eigenvalue weighted by Gasteiger charge is -2.10. The number of amides is 1. The molecule has 1 heterocycles. The molecule has 1 aromatic rings. The number of rotatable bonds is 3. The zero-order chi connectivity index (χ0) is 13.3. The Morgan fingerprint density at radius 2 is 2.06 bits per heavy atom. The van der Waals surface area contributed by atoms with Gasteiger partial charge in [0.25, 0.3) is 5.91 Å². The van der Waals surface area contributed by atoms with Crippen LogP contribution in [0.2, 0.25) is 0 Å². The molecule has 0 bridgehead atoms. The average Bonchev–Trinajstić information content (AvgIpc) is 2.85. The van der Waals surface area contributed by atoms with Crippen molar-refractivity contribution in [3.8, 4) is 0 Å². The van der Waals surface area contributed by atoms with Gasteiger partial charge in [-0.1, -0.05) is 12.8 Å². The molecule has 18 heavy (non-hydrogen) atoms. The van der Waals surface area contributed by atoms with Gasteiger partial charge in [0.15, 0.2) is 5.69 Å². The van der Waals surface area contributed by atoms with Crippen LogP contribution in [0.3, 0.4) is 0 Å². The normalized spacial score (nSPS) is 17.0. The van der Waals surface area contributed by atoms with E-state index >= 15 is 0 Å². The summed E-state index contributed by atoms with van der Waals surface area (Å²) in [6.45, 7) is 1.51. The van der Waals surface area contributed by atoms with Crippen molar-refractivity contribution in [2.75, 3.05) is 0 Å². The molecule has 4 N–H and O–H groups in total. The first-order valence-electron chi connectivity index (χ1n) is 5.78. The monoisotopic (exact) mass is 272 g/mol. The molecule has 7 nitrogen and oxygen atoms in total. The molecular formula is C10H16N4O3S. The number of aromatic nitrogens is 2. The molecule has 0 spiro atoms. The fourth-order valence-corrected chi connectivity index (χ4v) is 3.13. The summed E-state index contributed by atoms with van der Waals surface area (Å²) in [7, 11) is -3.95. The van der Waals surface area contributed by atoms with Gasteiger partial charge in [-0.3, -0.25) is 9.89 Å². The molecule has 2 rings (SSSR count). The zero-order valence-corrected chi connectivity index (χ0v) is 10.9. The van der Waals surface area contributed by atoms with Gasteiger partial charge in [-0.2, -0.15) is 5.10 Å². The average molecular weight is 272 g/mol. The number of nitrogens with zero attached hydrogens (tertiary/aromatic N) is 1. The van der Waals surface area contributed by atoms with Crippen molar-refractivity contribution in [3.05, 3.63) is 11.4 Å². The van der Waals surface area contributed by atoms with Gasteiger partial charge in [0.2, 0.25) is 10.0 Å². The van der Waals surface area contributed by atoms with Crippen molar-refractivity contribution in [1.29, 1.82) is 0 Å². The fourth-order valence-electron chi connectivity index (χ4n) is 2.24. The third-order valence-corrected chi connectivity index (χ3v) is 4.15. The highest BCUT2D eigenvalue weighted by atomic mass is 32.2. The summed E-state index contributed by atoms with van der Waals surface area (Å²) >= 11 is 0. The molecule has 0 saturated heterocycles. The summed E-state index contributed by atoms with van der Waals surface area (Å²) < 4.78 is 22.8. The Labute approximate surface area is 105 Å². The number of H-pyrrole nitrogens is 1. The zero-order valence-electron chi connectivity index (χ0n) is 10.1. The predicted octanol–water partition coefficient (Wildman–Crippen LogP) is 0.0379. The van der Waals surface area contributed by atoms with Gasteiger partial charge in [0.05, 0.1) is 5.69 Å². The molecule has 0 radical (unpaired) electrons. The van der Waals surface area contributed by atoms with Crippen molar-refractivity contribution in [2.45, 2.75) is 43.5 Å². The van der Waals surface area contributed by atoms with Crippen LogP contribution in [0.25, 0.3) is 0 Å². The quantitative estimate of drug-likeness (QED) is 0.719. The van der Waals surface area contributed by atoms with Crippen LogP contribution < -0.4 is 10.5 Å². The number of aryl methyl sites for hydroxylation is 1. The maximum atomic E-state index is 12.0. The molecule has 1 aromatic heterocycles. The van der Waals surface area contributed by atoms with Crippen molar-refractivity contribution < 1.29 is 13.2 Å². The van der Waals surface area contributed by atoms with Gasteiger partial charge in [-0.05, 0) is 19.8 Å². The van der Waals surface area contributed by atoms with E-state index in [1.165, 1.54) is 6.92 Å². The Hall–Kier alpha value is -1.41. The number of hydrogen-bond acceptors (Lipinski definition) is 4. The number of aromatic amines is 1.